The van der Waals surface area contributed by atoms with Crippen molar-refractivity contribution in [2.75, 3.05) is 26.2 Å². The zero-order valence-corrected chi connectivity index (χ0v) is 13.4. The van der Waals surface area contributed by atoms with Gasteiger partial charge < -0.3 is 9.80 Å². The van der Waals surface area contributed by atoms with Crippen LogP contribution in [-0.2, 0) is 4.79 Å². The molecule has 1 aromatic heterocycles. The highest BCUT2D eigenvalue weighted by atomic mass is 35.5. The molecule has 3 rings (SSSR count). The Kier molecular flexibility index (Phi) is 4.13. The first-order valence-electron chi connectivity index (χ1n) is 6.85. The number of benzene rings is 1. The van der Waals surface area contributed by atoms with Gasteiger partial charge in [-0.3, -0.25) is 9.59 Å². The lowest BCUT2D eigenvalue weighted by Crippen LogP contribution is -2.50. The fourth-order valence-electron chi connectivity index (χ4n) is 2.47. The van der Waals surface area contributed by atoms with E-state index in [1.807, 2.05) is 12.1 Å². The van der Waals surface area contributed by atoms with E-state index in [9.17, 15) is 9.59 Å². The lowest BCUT2D eigenvalue weighted by Gasteiger charge is -2.34. The molecule has 5 nitrogen and oxygen atoms in total. The van der Waals surface area contributed by atoms with Crippen molar-refractivity contribution in [3.8, 4) is 0 Å². The molecule has 114 valence electrons. The third kappa shape index (κ3) is 2.84. The Bertz CT molecular complexity index is 750. The standard InChI is InChI=1S/C15H14ClN3O2S/c1-2-13(20)18-5-7-19(8-6-18)14(21)10-3-4-11-12(9-10)22-15(16)17-11/h2-4,9H,1,5-8H2. The number of amides is 2. The zero-order valence-electron chi connectivity index (χ0n) is 11.8. The molecule has 0 bridgehead atoms. The maximum atomic E-state index is 12.5. The fourth-order valence-corrected chi connectivity index (χ4v) is 3.54. The summed E-state index contributed by atoms with van der Waals surface area (Å²) in [5, 5.41) is 0. The molecule has 2 amide bonds. The van der Waals surface area contributed by atoms with E-state index in [0.717, 1.165) is 10.2 Å². The van der Waals surface area contributed by atoms with Crippen LogP contribution in [0.1, 0.15) is 10.4 Å². The molecule has 0 atom stereocenters. The van der Waals surface area contributed by atoms with Crippen molar-refractivity contribution in [2.45, 2.75) is 0 Å². The summed E-state index contributed by atoms with van der Waals surface area (Å²) in [5.41, 5.74) is 1.42. The third-order valence-corrected chi connectivity index (χ3v) is 4.79. The third-order valence-electron chi connectivity index (χ3n) is 3.66. The SMILES string of the molecule is C=CC(=O)N1CCN(C(=O)c2ccc3nc(Cl)sc3c2)CC1. The summed E-state index contributed by atoms with van der Waals surface area (Å²) in [6, 6.07) is 5.40. The van der Waals surface area contributed by atoms with Crippen molar-refractivity contribution in [3.63, 3.8) is 0 Å². The molecule has 0 N–H and O–H groups in total. The maximum absolute atomic E-state index is 12.5. The second-order valence-electron chi connectivity index (χ2n) is 4.97. The van der Waals surface area contributed by atoms with E-state index in [1.165, 1.54) is 17.4 Å². The predicted octanol–water partition coefficient (Wildman–Crippen LogP) is 2.42. The summed E-state index contributed by atoms with van der Waals surface area (Å²) in [7, 11) is 0. The second kappa shape index (κ2) is 6.06. The smallest absolute Gasteiger partial charge is 0.254 e. The maximum Gasteiger partial charge on any atom is 0.254 e. The van der Waals surface area contributed by atoms with E-state index in [4.69, 9.17) is 11.6 Å². The minimum Gasteiger partial charge on any atom is -0.336 e. The number of hydrogen-bond donors (Lipinski definition) is 0. The molecule has 2 heterocycles. The van der Waals surface area contributed by atoms with Crippen LogP contribution < -0.4 is 0 Å². The summed E-state index contributed by atoms with van der Waals surface area (Å²) >= 11 is 7.25. The molecule has 1 fully saturated rings. The van der Waals surface area contributed by atoms with Crippen LogP contribution in [0.3, 0.4) is 0 Å². The van der Waals surface area contributed by atoms with Gasteiger partial charge in [0.25, 0.3) is 5.91 Å². The number of carbonyl (C=O) groups excluding carboxylic acids is 2. The Hall–Kier alpha value is -1.92. The monoisotopic (exact) mass is 335 g/mol. The van der Waals surface area contributed by atoms with Gasteiger partial charge in [-0.05, 0) is 24.3 Å². The lowest BCUT2D eigenvalue weighted by atomic mass is 10.1. The molecule has 0 saturated carbocycles. The van der Waals surface area contributed by atoms with Crippen LogP contribution in [0.25, 0.3) is 10.2 Å². The predicted molar refractivity (Wildman–Crippen MR) is 87.3 cm³/mol. The molecular formula is C15H14ClN3O2S. The van der Waals surface area contributed by atoms with Crippen molar-refractivity contribution in [1.29, 1.82) is 0 Å². The minimum absolute atomic E-state index is 0.0304. The van der Waals surface area contributed by atoms with Gasteiger partial charge in [-0.1, -0.05) is 18.2 Å². The number of hydrogen-bond acceptors (Lipinski definition) is 4. The summed E-state index contributed by atoms with van der Waals surface area (Å²) in [6.45, 7) is 5.60. The average molecular weight is 336 g/mol. The van der Waals surface area contributed by atoms with Crippen molar-refractivity contribution in [3.05, 3.63) is 40.9 Å². The van der Waals surface area contributed by atoms with Gasteiger partial charge in [0.15, 0.2) is 4.47 Å². The highest BCUT2D eigenvalue weighted by Gasteiger charge is 2.24. The molecule has 22 heavy (non-hydrogen) atoms. The van der Waals surface area contributed by atoms with E-state index in [0.29, 0.717) is 36.2 Å². The molecule has 0 aliphatic carbocycles. The molecule has 1 aromatic carbocycles. The summed E-state index contributed by atoms with van der Waals surface area (Å²) < 4.78 is 1.37. The minimum atomic E-state index is -0.0900. The molecule has 1 saturated heterocycles. The number of rotatable bonds is 2. The van der Waals surface area contributed by atoms with Crippen LogP contribution >= 0.6 is 22.9 Å². The van der Waals surface area contributed by atoms with Gasteiger partial charge in [0, 0.05) is 31.7 Å². The Labute approximate surface area is 136 Å². The van der Waals surface area contributed by atoms with E-state index >= 15 is 0 Å². The zero-order chi connectivity index (χ0) is 15.7. The van der Waals surface area contributed by atoms with Gasteiger partial charge in [0.05, 0.1) is 10.2 Å². The normalized spacial score (nSPS) is 15.1. The average Bonchev–Trinajstić information content (AvgIpc) is 2.92. The largest absolute Gasteiger partial charge is 0.336 e. The van der Waals surface area contributed by atoms with Crippen LogP contribution in [0, 0.1) is 0 Å². The number of nitrogens with zero attached hydrogens (tertiary/aromatic N) is 3. The molecule has 7 heteroatoms. The Morgan fingerprint density at radius 1 is 1.23 bits per heavy atom. The molecule has 2 aromatic rings. The Morgan fingerprint density at radius 2 is 1.91 bits per heavy atom. The van der Waals surface area contributed by atoms with Crippen LogP contribution in [0.4, 0.5) is 0 Å². The fraction of sp³-hybridized carbons (Fsp3) is 0.267. The number of fused-ring (bicyclic) bond motifs is 1. The molecule has 0 unspecified atom stereocenters. The van der Waals surface area contributed by atoms with Crippen molar-refractivity contribution < 1.29 is 9.59 Å². The molecule has 1 aliphatic rings. The van der Waals surface area contributed by atoms with E-state index in [-0.39, 0.29) is 11.8 Å². The highest BCUT2D eigenvalue weighted by molar-refractivity contribution is 7.22. The van der Waals surface area contributed by atoms with E-state index < -0.39 is 0 Å². The molecule has 0 spiro atoms. The van der Waals surface area contributed by atoms with Crippen LogP contribution in [0.5, 0.6) is 0 Å². The van der Waals surface area contributed by atoms with E-state index in [2.05, 4.69) is 11.6 Å². The van der Waals surface area contributed by atoms with E-state index in [1.54, 1.807) is 15.9 Å². The summed E-state index contributed by atoms with van der Waals surface area (Å²) in [4.78, 5) is 31.7. The van der Waals surface area contributed by atoms with Crippen LogP contribution in [-0.4, -0.2) is 52.8 Å². The molecule has 0 radical (unpaired) electrons. The first-order chi connectivity index (χ1) is 10.6. The summed E-state index contributed by atoms with van der Waals surface area (Å²) in [6.07, 6.45) is 1.30. The first-order valence-corrected chi connectivity index (χ1v) is 8.04. The van der Waals surface area contributed by atoms with Gasteiger partial charge in [-0.25, -0.2) is 4.98 Å². The van der Waals surface area contributed by atoms with Gasteiger partial charge in [0.1, 0.15) is 0 Å². The van der Waals surface area contributed by atoms with Gasteiger partial charge in [-0.2, -0.15) is 0 Å². The summed E-state index contributed by atoms with van der Waals surface area (Å²) in [5.74, 6) is -0.120. The Morgan fingerprint density at radius 3 is 2.59 bits per heavy atom. The first kappa shape index (κ1) is 15.0. The van der Waals surface area contributed by atoms with Crippen LogP contribution in [0.2, 0.25) is 4.47 Å². The quantitative estimate of drug-likeness (QED) is 0.792. The van der Waals surface area contributed by atoms with Gasteiger partial charge >= 0.3 is 0 Å². The number of carbonyl (C=O) groups is 2. The Balaban J connectivity index is 1.73. The molecular weight excluding hydrogens is 322 g/mol. The number of thiazole rings is 1. The number of piperazine rings is 1. The lowest BCUT2D eigenvalue weighted by molar-refractivity contribution is -0.127. The second-order valence-corrected chi connectivity index (χ2v) is 6.58. The van der Waals surface area contributed by atoms with Crippen LogP contribution in [0.15, 0.2) is 30.9 Å². The van der Waals surface area contributed by atoms with Crippen molar-refractivity contribution in [1.82, 2.24) is 14.8 Å². The topological polar surface area (TPSA) is 53.5 Å². The van der Waals surface area contributed by atoms with Crippen molar-refractivity contribution in [2.24, 2.45) is 0 Å². The van der Waals surface area contributed by atoms with Gasteiger partial charge in [0.2, 0.25) is 5.91 Å². The van der Waals surface area contributed by atoms with Crippen molar-refractivity contribution >= 4 is 45.0 Å². The number of aromatic nitrogens is 1. The molecule has 1 aliphatic heterocycles. The number of halogens is 1. The highest BCUT2D eigenvalue weighted by Crippen LogP contribution is 2.26. The van der Waals surface area contributed by atoms with Gasteiger partial charge in [-0.15, -0.1) is 11.3 Å².